The SMILES string of the molecule is CCc1ccc(OCCCCn2c(CNC(=O)C3CC3)nc3ccccc32)cc1. The summed E-state index contributed by atoms with van der Waals surface area (Å²) < 4.78 is 8.11. The van der Waals surface area contributed by atoms with Gasteiger partial charge in [-0.25, -0.2) is 4.98 Å². The topological polar surface area (TPSA) is 56.1 Å². The molecule has 29 heavy (non-hydrogen) atoms. The summed E-state index contributed by atoms with van der Waals surface area (Å²) >= 11 is 0. The van der Waals surface area contributed by atoms with Gasteiger partial charge in [-0.1, -0.05) is 31.2 Å². The molecular weight excluding hydrogens is 362 g/mol. The van der Waals surface area contributed by atoms with Gasteiger partial charge in [0.25, 0.3) is 0 Å². The Labute approximate surface area is 172 Å². The van der Waals surface area contributed by atoms with Crippen LogP contribution in [0.4, 0.5) is 0 Å². The second kappa shape index (κ2) is 9.12. The van der Waals surface area contributed by atoms with Crippen LogP contribution in [-0.2, 0) is 24.3 Å². The zero-order valence-corrected chi connectivity index (χ0v) is 17.1. The number of para-hydroxylation sites is 2. The number of aromatic nitrogens is 2. The van der Waals surface area contributed by atoms with Crippen LogP contribution in [0.3, 0.4) is 0 Å². The van der Waals surface area contributed by atoms with Crippen molar-refractivity contribution in [1.82, 2.24) is 14.9 Å². The lowest BCUT2D eigenvalue weighted by atomic mass is 10.2. The first-order chi connectivity index (χ1) is 14.2. The third-order valence-electron chi connectivity index (χ3n) is 5.48. The smallest absolute Gasteiger partial charge is 0.223 e. The molecular formula is C24H29N3O2. The molecule has 1 aliphatic rings. The Morgan fingerprint density at radius 3 is 2.69 bits per heavy atom. The van der Waals surface area contributed by atoms with E-state index in [1.54, 1.807) is 0 Å². The van der Waals surface area contributed by atoms with Gasteiger partial charge in [0.05, 0.1) is 24.2 Å². The van der Waals surface area contributed by atoms with Crippen LogP contribution in [0.2, 0.25) is 0 Å². The molecule has 3 aromatic rings. The molecule has 0 spiro atoms. The number of imidazole rings is 1. The van der Waals surface area contributed by atoms with Crippen LogP contribution in [0, 0.1) is 5.92 Å². The molecule has 1 saturated carbocycles. The molecule has 152 valence electrons. The third kappa shape index (κ3) is 4.97. The molecule has 0 radical (unpaired) electrons. The van der Waals surface area contributed by atoms with Gasteiger partial charge in [0.15, 0.2) is 0 Å². The first-order valence-electron chi connectivity index (χ1n) is 10.7. The number of unbranched alkanes of at least 4 members (excludes halogenated alkanes) is 1. The summed E-state index contributed by atoms with van der Waals surface area (Å²) in [7, 11) is 0. The minimum atomic E-state index is 0.158. The number of carbonyl (C=O) groups excluding carboxylic acids is 1. The molecule has 0 saturated heterocycles. The van der Waals surface area contributed by atoms with Crippen molar-refractivity contribution in [3.05, 3.63) is 59.9 Å². The number of aryl methyl sites for hydroxylation is 2. The number of benzene rings is 2. The third-order valence-corrected chi connectivity index (χ3v) is 5.48. The molecule has 5 nitrogen and oxygen atoms in total. The minimum Gasteiger partial charge on any atom is -0.494 e. The maximum atomic E-state index is 12.0. The van der Waals surface area contributed by atoms with E-state index in [9.17, 15) is 4.79 Å². The monoisotopic (exact) mass is 391 g/mol. The van der Waals surface area contributed by atoms with Crippen LogP contribution < -0.4 is 10.1 Å². The van der Waals surface area contributed by atoms with Crippen LogP contribution in [0.5, 0.6) is 5.75 Å². The Balaban J connectivity index is 1.32. The van der Waals surface area contributed by atoms with Crippen LogP contribution in [0.15, 0.2) is 48.5 Å². The van der Waals surface area contributed by atoms with E-state index in [1.807, 2.05) is 30.3 Å². The Hall–Kier alpha value is -2.82. The largest absolute Gasteiger partial charge is 0.494 e. The second-order valence-corrected chi connectivity index (χ2v) is 7.71. The van der Waals surface area contributed by atoms with Crippen molar-refractivity contribution in [2.45, 2.75) is 52.1 Å². The predicted molar refractivity (Wildman–Crippen MR) is 115 cm³/mol. The van der Waals surface area contributed by atoms with Gasteiger partial charge < -0.3 is 14.6 Å². The van der Waals surface area contributed by atoms with Crippen molar-refractivity contribution >= 4 is 16.9 Å². The lowest BCUT2D eigenvalue weighted by Crippen LogP contribution is -2.26. The van der Waals surface area contributed by atoms with Crippen molar-refractivity contribution in [3.63, 3.8) is 0 Å². The van der Waals surface area contributed by atoms with Crippen molar-refractivity contribution in [3.8, 4) is 5.75 Å². The average Bonchev–Trinajstić information content (AvgIpc) is 3.55. The zero-order valence-electron chi connectivity index (χ0n) is 17.1. The van der Waals surface area contributed by atoms with Crippen LogP contribution >= 0.6 is 0 Å². The summed E-state index contributed by atoms with van der Waals surface area (Å²) in [5, 5.41) is 3.05. The van der Waals surface area contributed by atoms with Gasteiger partial charge in [0.2, 0.25) is 5.91 Å². The van der Waals surface area contributed by atoms with Gasteiger partial charge in [-0.05, 0) is 61.9 Å². The maximum absolute atomic E-state index is 12.0. The molecule has 0 aliphatic heterocycles. The van der Waals surface area contributed by atoms with Gasteiger partial charge in [-0.15, -0.1) is 0 Å². The molecule has 0 bridgehead atoms. The summed E-state index contributed by atoms with van der Waals surface area (Å²) in [6.07, 6.45) is 5.04. The van der Waals surface area contributed by atoms with Crippen molar-refractivity contribution in [1.29, 1.82) is 0 Å². The first-order valence-corrected chi connectivity index (χ1v) is 10.7. The van der Waals surface area contributed by atoms with E-state index < -0.39 is 0 Å². The molecule has 1 aromatic heterocycles. The molecule has 1 heterocycles. The quantitative estimate of drug-likeness (QED) is 0.518. The van der Waals surface area contributed by atoms with E-state index in [0.29, 0.717) is 13.2 Å². The highest BCUT2D eigenvalue weighted by atomic mass is 16.5. The van der Waals surface area contributed by atoms with E-state index in [4.69, 9.17) is 9.72 Å². The molecule has 0 atom stereocenters. The number of nitrogens with one attached hydrogen (secondary N) is 1. The Morgan fingerprint density at radius 2 is 1.93 bits per heavy atom. The van der Waals surface area contributed by atoms with Gasteiger partial charge in [-0.2, -0.15) is 0 Å². The second-order valence-electron chi connectivity index (χ2n) is 7.71. The minimum absolute atomic E-state index is 0.158. The molecule has 5 heteroatoms. The number of hydrogen-bond donors (Lipinski definition) is 1. The molecule has 1 amide bonds. The fourth-order valence-corrected chi connectivity index (χ4v) is 3.55. The molecule has 1 N–H and O–H groups in total. The number of fused-ring (bicyclic) bond motifs is 1. The summed E-state index contributed by atoms with van der Waals surface area (Å²) in [6.45, 7) is 4.21. The number of amides is 1. The zero-order chi connectivity index (χ0) is 20.1. The molecule has 4 rings (SSSR count). The number of carbonyl (C=O) groups is 1. The number of ether oxygens (including phenoxy) is 1. The summed E-state index contributed by atoms with van der Waals surface area (Å²) in [4.78, 5) is 16.8. The first kappa shape index (κ1) is 19.5. The van der Waals surface area contributed by atoms with E-state index in [2.05, 4.69) is 35.0 Å². The van der Waals surface area contributed by atoms with Crippen LogP contribution in [0.25, 0.3) is 11.0 Å². The maximum Gasteiger partial charge on any atom is 0.223 e. The Bertz CT molecular complexity index is 958. The Kier molecular flexibility index (Phi) is 6.13. The lowest BCUT2D eigenvalue weighted by molar-refractivity contribution is -0.122. The van der Waals surface area contributed by atoms with Gasteiger partial charge in [0.1, 0.15) is 11.6 Å². The van der Waals surface area contributed by atoms with Crippen molar-refractivity contribution in [2.75, 3.05) is 6.61 Å². The number of rotatable bonds is 10. The summed E-state index contributed by atoms with van der Waals surface area (Å²) in [5.74, 6) is 2.23. The average molecular weight is 392 g/mol. The predicted octanol–water partition coefficient (Wildman–Crippen LogP) is 4.48. The van der Waals surface area contributed by atoms with Gasteiger partial charge in [-0.3, -0.25) is 4.79 Å². The van der Waals surface area contributed by atoms with Crippen molar-refractivity contribution < 1.29 is 9.53 Å². The highest BCUT2D eigenvalue weighted by Crippen LogP contribution is 2.29. The van der Waals surface area contributed by atoms with Gasteiger partial charge in [0, 0.05) is 12.5 Å². The number of hydrogen-bond acceptors (Lipinski definition) is 3. The summed E-state index contributed by atoms with van der Waals surface area (Å²) in [5.41, 5.74) is 3.43. The normalized spacial score (nSPS) is 13.6. The fraction of sp³-hybridized carbons (Fsp3) is 0.417. The molecule has 0 unspecified atom stereocenters. The lowest BCUT2D eigenvalue weighted by Gasteiger charge is -2.11. The number of nitrogens with zero attached hydrogens (tertiary/aromatic N) is 2. The highest BCUT2D eigenvalue weighted by Gasteiger charge is 2.29. The highest BCUT2D eigenvalue weighted by molar-refractivity contribution is 5.81. The standard InChI is InChI=1S/C24H29N3O2/c1-2-18-9-13-20(14-10-18)29-16-6-5-15-27-22-8-4-3-7-21(22)26-23(27)17-25-24(28)19-11-12-19/h3-4,7-10,13-14,19H,2,5-6,11-12,15-17H2,1H3,(H,25,28). The van der Waals surface area contributed by atoms with E-state index in [1.165, 1.54) is 5.56 Å². The molecule has 2 aromatic carbocycles. The van der Waals surface area contributed by atoms with E-state index >= 15 is 0 Å². The van der Waals surface area contributed by atoms with Crippen LogP contribution in [-0.4, -0.2) is 22.1 Å². The van der Waals surface area contributed by atoms with E-state index in [-0.39, 0.29) is 11.8 Å². The Morgan fingerprint density at radius 1 is 1.14 bits per heavy atom. The molecule has 1 fully saturated rings. The summed E-state index contributed by atoms with van der Waals surface area (Å²) in [6, 6.07) is 16.5. The molecule has 1 aliphatic carbocycles. The van der Waals surface area contributed by atoms with Gasteiger partial charge >= 0.3 is 0 Å². The van der Waals surface area contributed by atoms with Crippen molar-refractivity contribution in [2.24, 2.45) is 5.92 Å². The van der Waals surface area contributed by atoms with Crippen LogP contribution in [0.1, 0.15) is 44.0 Å². The van der Waals surface area contributed by atoms with E-state index in [0.717, 1.165) is 61.3 Å². The fourth-order valence-electron chi connectivity index (χ4n) is 3.55.